The Morgan fingerprint density at radius 1 is 1.00 bits per heavy atom. The van der Waals surface area contributed by atoms with Crippen molar-refractivity contribution in [2.24, 2.45) is 0 Å². The minimum absolute atomic E-state index is 0.210. The van der Waals surface area contributed by atoms with Crippen LogP contribution in [0.25, 0.3) is 5.65 Å². The van der Waals surface area contributed by atoms with Crippen LogP contribution in [0.5, 0.6) is 0 Å². The molecule has 0 atom stereocenters. The Morgan fingerprint density at radius 3 is 2.43 bits per heavy atom. The summed E-state index contributed by atoms with van der Waals surface area (Å²) in [5, 5.41) is 2.78. The maximum absolute atomic E-state index is 12.6. The molecular weight excluding hydrogens is 376 g/mol. The third kappa shape index (κ3) is 3.49. The van der Waals surface area contributed by atoms with Gasteiger partial charge in [0.1, 0.15) is 5.69 Å². The molecule has 0 saturated carbocycles. The van der Waals surface area contributed by atoms with Crippen LogP contribution in [0.2, 0.25) is 0 Å². The van der Waals surface area contributed by atoms with Crippen molar-refractivity contribution in [3.8, 4) is 0 Å². The molecule has 0 aliphatic carbocycles. The van der Waals surface area contributed by atoms with Gasteiger partial charge in [-0.15, -0.1) is 0 Å². The normalized spacial score (nSPS) is 11.4. The number of carbonyl (C=O) groups is 1. The summed E-state index contributed by atoms with van der Waals surface area (Å²) < 4.78 is 26.9. The van der Waals surface area contributed by atoms with Gasteiger partial charge in [0.05, 0.1) is 16.0 Å². The van der Waals surface area contributed by atoms with E-state index in [1.54, 1.807) is 83.8 Å². The van der Waals surface area contributed by atoms with Crippen molar-refractivity contribution in [2.45, 2.75) is 16.3 Å². The summed E-state index contributed by atoms with van der Waals surface area (Å²) in [6, 6.07) is 14.7. The number of amides is 1. The summed E-state index contributed by atoms with van der Waals surface area (Å²) in [5.74, 6) is -0.315. The number of carbonyl (C=O) groups excluding carboxylic acids is 1. The van der Waals surface area contributed by atoms with Gasteiger partial charge in [-0.2, -0.15) is 0 Å². The zero-order valence-corrected chi connectivity index (χ0v) is 15.5. The largest absolute Gasteiger partial charge is 0.347 e. The van der Waals surface area contributed by atoms with Crippen molar-refractivity contribution in [2.75, 3.05) is 0 Å². The number of hydrogen-bond donors (Lipinski definition) is 1. The minimum Gasteiger partial charge on any atom is -0.347 e. The summed E-state index contributed by atoms with van der Waals surface area (Å²) >= 11 is 0. The number of aromatic nitrogens is 3. The molecule has 0 fully saturated rings. The Balaban J connectivity index is 1.45. The highest BCUT2D eigenvalue weighted by molar-refractivity contribution is 7.91. The van der Waals surface area contributed by atoms with Crippen LogP contribution in [0.1, 0.15) is 16.1 Å². The van der Waals surface area contributed by atoms with Crippen LogP contribution in [-0.4, -0.2) is 28.7 Å². The highest BCUT2D eigenvalue weighted by atomic mass is 32.2. The second kappa shape index (κ2) is 7.24. The molecule has 0 spiro atoms. The fourth-order valence-electron chi connectivity index (χ4n) is 2.75. The number of fused-ring (bicyclic) bond motifs is 1. The quantitative estimate of drug-likeness (QED) is 0.563. The first-order valence-electron chi connectivity index (χ1n) is 8.50. The first kappa shape index (κ1) is 17.9. The summed E-state index contributed by atoms with van der Waals surface area (Å²) in [7, 11) is -3.55. The van der Waals surface area contributed by atoms with E-state index in [4.69, 9.17) is 0 Å². The van der Waals surface area contributed by atoms with Crippen molar-refractivity contribution in [1.82, 2.24) is 19.7 Å². The molecule has 2 aromatic carbocycles. The van der Waals surface area contributed by atoms with Gasteiger partial charge in [-0.1, -0.05) is 30.3 Å². The van der Waals surface area contributed by atoms with Gasteiger partial charge < -0.3 is 9.72 Å². The molecule has 28 heavy (non-hydrogen) atoms. The molecule has 0 aliphatic heterocycles. The van der Waals surface area contributed by atoms with E-state index in [-0.39, 0.29) is 27.9 Å². The molecule has 1 amide bonds. The minimum atomic E-state index is -3.55. The van der Waals surface area contributed by atoms with E-state index >= 15 is 0 Å². The first-order valence-corrected chi connectivity index (χ1v) is 9.98. The van der Waals surface area contributed by atoms with Gasteiger partial charge in [0.25, 0.3) is 5.91 Å². The lowest BCUT2D eigenvalue weighted by Gasteiger charge is -2.07. The predicted octanol–water partition coefficient (Wildman–Crippen LogP) is 2.49. The van der Waals surface area contributed by atoms with E-state index in [1.165, 1.54) is 0 Å². The molecule has 0 aliphatic rings. The average Bonchev–Trinajstić information content (AvgIpc) is 3.17. The molecular formula is C20H16N4O3S. The fourth-order valence-corrected chi connectivity index (χ4v) is 4.03. The van der Waals surface area contributed by atoms with Crippen LogP contribution in [0.4, 0.5) is 0 Å². The number of hydrogen-bond acceptors (Lipinski definition) is 5. The van der Waals surface area contributed by atoms with Gasteiger partial charge in [0.15, 0.2) is 5.65 Å². The second-order valence-electron chi connectivity index (χ2n) is 6.11. The van der Waals surface area contributed by atoms with E-state index in [1.807, 2.05) is 0 Å². The monoisotopic (exact) mass is 392 g/mol. The Hall–Kier alpha value is -3.52. The molecule has 4 aromatic rings. The first-order chi connectivity index (χ1) is 13.5. The van der Waals surface area contributed by atoms with Gasteiger partial charge >= 0.3 is 0 Å². The highest BCUT2D eigenvalue weighted by Crippen LogP contribution is 2.20. The van der Waals surface area contributed by atoms with Crippen LogP contribution >= 0.6 is 0 Å². The zero-order valence-electron chi connectivity index (χ0n) is 14.7. The maximum Gasteiger partial charge on any atom is 0.271 e. The number of rotatable bonds is 5. The smallest absolute Gasteiger partial charge is 0.271 e. The molecule has 4 rings (SSSR count). The van der Waals surface area contributed by atoms with E-state index in [0.717, 1.165) is 5.56 Å². The van der Waals surface area contributed by atoms with Crippen LogP contribution < -0.4 is 5.32 Å². The average molecular weight is 392 g/mol. The summed E-state index contributed by atoms with van der Waals surface area (Å²) in [5.41, 5.74) is 1.66. The van der Waals surface area contributed by atoms with Gasteiger partial charge in [0, 0.05) is 25.1 Å². The van der Waals surface area contributed by atoms with E-state index in [2.05, 4.69) is 15.3 Å². The van der Waals surface area contributed by atoms with E-state index < -0.39 is 9.84 Å². The number of nitrogens with zero attached hydrogens (tertiary/aromatic N) is 3. The van der Waals surface area contributed by atoms with Crippen molar-refractivity contribution in [3.05, 3.63) is 90.6 Å². The number of sulfone groups is 1. The molecule has 0 saturated heterocycles. The number of benzene rings is 2. The van der Waals surface area contributed by atoms with Crippen LogP contribution in [-0.2, 0) is 16.4 Å². The Labute approximate surface area is 161 Å². The molecule has 2 aromatic heterocycles. The summed E-state index contributed by atoms with van der Waals surface area (Å²) in [4.78, 5) is 20.9. The topological polar surface area (TPSA) is 93.4 Å². The molecule has 0 unspecified atom stereocenters. The SMILES string of the molecule is O=C(NCc1ccc(S(=O)(=O)c2ccccc2)cc1)c1cn2ccncc2n1. The van der Waals surface area contributed by atoms with E-state index in [9.17, 15) is 13.2 Å². The summed E-state index contributed by atoms with van der Waals surface area (Å²) in [6.07, 6.45) is 6.52. The molecule has 2 heterocycles. The maximum atomic E-state index is 12.6. The van der Waals surface area contributed by atoms with Crippen LogP contribution in [0, 0.1) is 0 Å². The van der Waals surface area contributed by atoms with Crippen molar-refractivity contribution >= 4 is 21.4 Å². The van der Waals surface area contributed by atoms with Gasteiger partial charge in [-0.25, -0.2) is 13.4 Å². The molecule has 140 valence electrons. The fraction of sp³-hybridized carbons (Fsp3) is 0.0500. The molecule has 0 bridgehead atoms. The van der Waals surface area contributed by atoms with Gasteiger partial charge in [-0.05, 0) is 29.8 Å². The van der Waals surface area contributed by atoms with Crippen molar-refractivity contribution in [3.63, 3.8) is 0 Å². The van der Waals surface area contributed by atoms with Crippen LogP contribution in [0.15, 0.2) is 89.2 Å². The van der Waals surface area contributed by atoms with Gasteiger partial charge in [-0.3, -0.25) is 9.78 Å². The zero-order chi connectivity index (χ0) is 19.6. The predicted molar refractivity (Wildman–Crippen MR) is 102 cm³/mol. The Bertz CT molecular complexity index is 1200. The lowest BCUT2D eigenvalue weighted by molar-refractivity contribution is 0.0946. The number of imidazole rings is 1. The molecule has 0 radical (unpaired) electrons. The van der Waals surface area contributed by atoms with Crippen LogP contribution in [0.3, 0.4) is 0 Å². The molecule has 7 nitrogen and oxygen atoms in total. The lowest BCUT2D eigenvalue weighted by atomic mass is 10.2. The van der Waals surface area contributed by atoms with E-state index in [0.29, 0.717) is 5.65 Å². The Kier molecular flexibility index (Phi) is 4.62. The molecule has 1 N–H and O–H groups in total. The summed E-state index contributed by atoms with van der Waals surface area (Å²) in [6.45, 7) is 0.261. The third-order valence-corrected chi connectivity index (χ3v) is 6.02. The second-order valence-corrected chi connectivity index (χ2v) is 8.06. The number of nitrogens with one attached hydrogen (secondary N) is 1. The highest BCUT2D eigenvalue weighted by Gasteiger charge is 2.17. The standard InChI is InChI=1S/C20H16N4O3S/c25-20(18-14-24-11-10-21-13-19(24)23-18)22-12-15-6-8-17(9-7-15)28(26,27)16-4-2-1-3-5-16/h1-11,13-14H,12H2,(H,22,25). The third-order valence-electron chi connectivity index (χ3n) is 4.24. The van der Waals surface area contributed by atoms with Crippen molar-refractivity contribution < 1.29 is 13.2 Å². The molecule has 8 heteroatoms. The van der Waals surface area contributed by atoms with Gasteiger partial charge in [0.2, 0.25) is 9.84 Å². The lowest BCUT2D eigenvalue weighted by Crippen LogP contribution is -2.23. The Morgan fingerprint density at radius 2 is 1.71 bits per heavy atom. The van der Waals surface area contributed by atoms with Crippen molar-refractivity contribution in [1.29, 1.82) is 0 Å².